The Bertz CT molecular complexity index is 830. The molecule has 122 valence electrons. The quantitative estimate of drug-likeness (QED) is 0.791. The van der Waals surface area contributed by atoms with E-state index in [1.807, 2.05) is 87.5 Å². The minimum Gasteiger partial charge on any atom is -0.346 e. The number of nitrogens with zero attached hydrogens (tertiary/aromatic N) is 2. The highest BCUT2D eigenvalue weighted by Crippen LogP contribution is 2.22. The van der Waals surface area contributed by atoms with E-state index in [0.717, 1.165) is 16.9 Å². The molecule has 0 aliphatic rings. The monoisotopic (exact) mass is 319 g/mol. The summed E-state index contributed by atoms with van der Waals surface area (Å²) in [5, 5.41) is 7.67. The van der Waals surface area contributed by atoms with Crippen molar-refractivity contribution in [1.82, 2.24) is 15.1 Å². The average Bonchev–Trinajstić information content (AvgIpc) is 3.00. The third-order valence-corrected chi connectivity index (χ3v) is 3.50. The molecule has 3 rings (SSSR count). The van der Waals surface area contributed by atoms with Crippen molar-refractivity contribution < 1.29 is 4.79 Å². The van der Waals surface area contributed by atoms with Crippen molar-refractivity contribution in [1.29, 1.82) is 0 Å². The molecule has 2 aromatic carbocycles. The summed E-state index contributed by atoms with van der Waals surface area (Å²) in [6.07, 6.45) is 0. The zero-order valence-electron chi connectivity index (χ0n) is 14.2. The number of aromatic nitrogens is 2. The first-order valence-electron chi connectivity index (χ1n) is 7.97. The number of amides is 1. The van der Waals surface area contributed by atoms with Crippen molar-refractivity contribution in [2.24, 2.45) is 0 Å². The Morgan fingerprint density at radius 2 is 1.54 bits per heavy atom. The Hall–Kier alpha value is -2.88. The highest BCUT2D eigenvalue weighted by Gasteiger charge is 2.21. The maximum Gasteiger partial charge on any atom is 0.270 e. The van der Waals surface area contributed by atoms with Crippen LogP contribution in [0.2, 0.25) is 0 Å². The molecule has 0 bridgehead atoms. The normalized spacial score (nSPS) is 11.3. The number of para-hydroxylation sites is 1. The van der Waals surface area contributed by atoms with Crippen molar-refractivity contribution in [2.75, 3.05) is 0 Å². The van der Waals surface area contributed by atoms with Crippen molar-refractivity contribution in [2.45, 2.75) is 26.3 Å². The van der Waals surface area contributed by atoms with E-state index < -0.39 is 0 Å². The van der Waals surface area contributed by atoms with Gasteiger partial charge in [0.05, 0.1) is 11.4 Å². The van der Waals surface area contributed by atoms with Crippen LogP contribution in [0.4, 0.5) is 0 Å². The molecule has 0 saturated heterocycles. The first-order chi connectivity index (χ1) is 11.4. The zero-order chi connectivity index (χ0) is 17.2. The van der Waals surface area contributed by atoms with E-state index in [-0.39, 0.29) is 11.4 Å². The van der Waals surface area contributed by atoms with Crippen LogP contribution in [0.1, 0.15) is 31.3 Å². The molecular formula is C20H21N3O. The first kappa shape index (κ1) is 16.0. The largest absolute Gasteiger partial charge is 0.346 e. The summed E-state index contributed by atoms with van der Waals surface area (Å²) in [5.74, 6) is -0.138. The van der Waals surface area contributed by atoms with Gasteiger partial charge in [-0.15, -0.1) is 0 Å². The topological polar surface area (TPSA) is 46.9 Å². The number of hydrogen-bond acceptors (Lipinski definition) is 2. The average molecular weight is 319 g/mol. The lowest BCUT2D eigenvalue weighted by Gasteiger charge is -2.20. The van der Waals surface area contributed by atoms with Gasteiger partial charge in [0, 0.05) is 11.1 Å². The standard InChI is InChI=1S/C20H21N3O/c1-20(2,3)21-19(24)18-14-17(15-10-6-4-7-11-15)22-23(18)16-12-8-5-9-13-16/h4-14H,1-3H3,(H,21,24). The summed E-state index contributed by atoms with van der Waals surface area (Å²) >= 11 is 0. The second-order valence-electron chi connectivity index (χ2n) is 6.73. The molecule has 4 nitrogen and oxygen atoms in total. The predicted molar refractivity (Wildman–Crippen MR) is 96.2 cm³/mol. The molecule has 0 saturated carbocycles. The van der Waals surface area contributed by atoms with Crippen molar-refractivity contribution in [3.8, 4) is 16.9 Å². The van der Waals surface area contributed by atoms with Crippen LogP contribution in [0, 0.1) is 0 Å². The summed E-state index contributed by atoms with van der Waals surface area (Å²) in [6.45, 7) is 5.89. The second-order valence-corrected chi connectivity index (χ2v) is 6.73. The lowest BCUT2D eigenvalue weighted by atomic mass is 10.1. The van der Waals surface area contributed by atoms with Gasteiger partial charge < -0.3 is 5.32 Å². The lowest BCUT2D eigenvalue weighted by Crippen LogP contribution is -2.41. The van der Waals surface area contributed by atoms with E-state index in [9.17, 15) is 4.79 Å². The van der Waals surface area contributed by atoms with Crippen LogP contribution >= 0.6 is 0 Å². The smallest absolute Gasteiger partial charge is 0.270 e. The van der Waals surface area contributed by atoms with E-state index in [1.165, 1.54) is 0 Å². The fourth-order valence-corrected chi connectivity index (χ4v) is 2.46. The van der Waals surface area contributed by atoms with Crippen LogP contribution in [-0.4, -0.2) is 21.2 Å². The van der Waals surface area contributed by atoms with Gasteiger partial charge in [0.2, 0.25) is 0 Å². The third kappa shape index (κ3) is 3.54. The molecule has 0 aliphatic carbocycles. The van der Waals surface area contributed by atoms with Gasteiger partial charge in [0.25, 0.3) is 5.91 Å². The van der Waals surface area contributed by atoms with Gasteiger partial charge in [-0.3, -0.25) is 4.79 Å². The minimum atomic E-state index is -0.310. The van der Waals surface area contributed by atoms with Gasteiger partial charge in [-0.25, -0.2) is 4.68 Å². The van der Waals surface area contributed by atoms with Crippen LogP contribution in [0.25, 0.3) is 16.9 Å². The minimum absolute atomic E-state index is 0.138. The summed E-state index contributed by atoms with van der Waals surface area (Å²) in [6, 6.07) is 21.4. The fraction of sp³-hybridized carbons (Fsp3) is 0.200. The molecule has 1 N–H and O–H groups in total. The summed E-state index contributed by atoms with van der Waals surface area (Å²) in [4.78, 5) is 12.7. The number of rotatable bonds is 3. The summed E-state index contributed by atoms with van der Waals surface area (Å²) in [5.41, 5.74) is 2.83. The van der Waals surface area contributed by atoms with Crippen molar-refractivity contribution >= 4 is 5.91 Å². The van der Waals surface area contributed by atoms with Gasteiger partial charge in [-0.2, -0.15) is 5.10 Å². The zero-order valence-corrected chi connectivity index (χ0v) is 14.2. The Balaban J connectivity index is 2.09. The van der Waals surface area contributed by atoms with Crippen LogP contribution in [-0.2, 0) is 0 Å². The number of carbonyl (C=O) groups is 1. The van der Waals surface area contributed by atoms with Gasteiger partial charge in [0.15, 0.2) is 0 Å². The van der Waals surface area contributed by atoms with Gasteiger partial charge in [0.1, 0.15) is 5.69 Å². The molecule has 0 aliphatic heterocycles. The fourth-order valence-electron chi connectivity index (χ4n) is 2.46. The molecule has 1 amide bonds. The third-order valence-electron chi connectivity index (χ3n) is 3.50. The van der Waals surface area contributed by atoms with E-state index in [4.69, 9.17) is 0 Å². The Morgan fingerprint density at radius 3 is 2.12 bits per heavy atom. The SMILES string of the molecule is CC(C)(C)NC(=O)c1cc(-c2ccccc2)nn1-c1ccccc1. The molecule has 0 radical (unpaired) electrons. The molecule has 0 spiro atoms. The van der Waals surface area contributed by atoms with E-state index in [1.54, 1.807) is 4.68 Å². The van der Waals surface area contributed by atoms with Gasteiger partial charge in [-0.05, 0) is 39.0 Å². The van der Waals surface area contributed by atoms with E-state index >= 15 is 0 Å². The Kier molecular flexibility index (Phi) is 4.21. The first-order valence-corrected chi connectivity index (χ1v) is 7.97. The van der Waals surface area contributed by atoms with Crippen LogP contribution in [0.3, 0.4) is 0 Å². The molecule has 4 heteroatoms. The maximum atomic E-state index is 12.7. The van der Waals surface area contributed by atoms with E-state index in [2.05, 4.69) is 10.4 Å². The van der Waals surface area contributed by atoms with Gasteiger partial charge >= 0.3 is 0 Å². The molecule has 1 aromatic heterocycles. The second kappa shape index (κ2) is 6.32. The number of benzene rings is 2. The molecular weight excluding hydrogens is 298 g/mol. The van der Waals surface area contributed by atoms with Crippen LogP contribution < -0.4 is 5.32 Å². The van der Waals surface area contributed by atoms with Crippen molar-refractivity contribution in [3.63, 3.8) is 0 Å². The molecule has 0 atom stereocenters. The van der Waals surface area contributed by atoms with E-state index in [0.29, 0.717) is 5.69 Å². The summed E-state index contributed by atoms with van der Waals surface area (Å²) < 4.78 is 1.70. The lowest BCUT2D eigenvalue weighted by molar-refractivity contribution is 0.0911. The molecule has 0 unspecified atom stereocenters. The Morgan fingerprint density at radius 1 is 0.958 bits per heavy atom. The molecule has 0 fully saturated rings. The molecule has 1 heterocycles. The molecule has 3 aromatic rings. The molecule has 24 heavy (non-hydrogen) atoms. The number of hydrogen-bond donors (Lipinski definition) is 1. The Labute approximate surface area is 142 Å². The van der Waals surface area contributed by atoms with Gasteiger partial charge in [-0.1, -0.05) is 48.5 Å². The predicted octanol–water partition coefficient (Wildman–Crippen LogP) is 4.07. The highest BCUT2D eigenvalue weighted by atomic mass is 16.2. The number of carbonyl (C=O) groups excluding carboxylic acids is 1. The summed E-state index contributed by atoms with van der Waals surface area (Å²) in [7, 11) is 0. The number of nitrogens with one attached hydrogen (secondary N) is 1. The maximum absolute atomic E-state index is 12.7. The highest BCUT2D eigenvalue weighted by molar-refractivity contribution is 5.94. The van der Waals surface area contributed by atoms with Crippen LogP contribution in [0.15, 0.2) is 66.7 Å². The van der Waals surface area contributed by atoms with Crippen LogP contribution in [0.5, 0.6) is 0 Å². The van der Waals surface area contributed by atoms with Crippen molar-refractivity contribution in [3.05, 3.63) is 72.4 Å².